The summed E-state index contributed by atoms with van der Waals surface area (Å²) >= 11 is 0. The van der Waals surface area contributed by atoms with Crippen LogP contribution < -0.4 is 5.32 Å². The minimum absolute atomic E-state index is 0.285. The number of carbonyl (C=O) groups excluding carboxylic acids is 1. The third-order valence-corrected chi connectivity index (χ3v) is 4.25. The van der Waals surface area contributed by atoms with E-state index in [2.05, 4.69) is 17.1 Å². The third kappa shape index (κ3) is 5.11. The second-order valence-electron chi connectivity index (χ2n) is 6.19. The number of likely N-dealkylation sites (tertiary alicyclic amines) is 2. The van der Waals surface area contributed by atoms with Crippen molar-refractivity contribution in [3.8, 4) is 0 Å². The second-order valence-corrected chi connectivity index (χ2v) is 6.19. The highest BCUT2D eigenvalue weighted by atomic mass is 16.2. The first-order chi connectivity index (χ1) is 9.25. The van der Waals surface area contributed by atoms with Crippen molar-refractivity contribution in [2.24, 2.45) is 5.92 Å². The van der Waals surface area contributed by atoms with Crippen molar-refractivity contribution in [1.82, 2.24) is 15.1 Å². The molecule has 0 spiro atoms. The molecule has 0 bridgehead atoms. The Morgan fingerprint density at radius 3 is 2.37 bits per heavy atom. The van der Waals surface area contributed by atoms with Gasteiger partial charge in [0.25, 0.3) is 0 Å². The fourth-order valence-electron chi connectivity index (χ4n) is 3.15. The number of amides is 1. The highest BCUT2D eigenvalue weighted by Crippen LogP contribution is 2.10. The fourth-order valence-corrected chi connectivity index (χ4v) is 3.15. The van der Waals surface area contributed by atoms with Gasteiger partial charge in [0.05, 0.1) is 6.54 Å². The highest BCUT2D eigenvalue weighted by Gasteiger charge is 2.17. The van der Waals surface area contributed by atoms with E-state index in [0.717, 1.165) is 19.6 Å². The second kappa shape index (κ2) is 7.85. The van der Waals surface area contributed by atoms with Crippen LogP contribution in [0, 0.1) is 5.92 Å². The van der Waals surface area contributed by atoms with E-state index in [1.54, 1.807) is 0 Å². The maximum atomic E-state index is 12.0. The molecule has 110 valence electrons. The van der Waals surface area contributed by atoms with Gasteiger partial charge >= 0.3 is 0 Å². The number of nitrogens with one attached hydrogen (secondary N) is 1. The van der Waals surface area contributed by atoms with E-state index >= 15 is 0 Å². The molecule has 0 saturated carbocycles. The number of hydrogen-bond acceptors (Lipinski definition) is 3. The van der Waals surface area contributed by atoms with Crippen LogP contribution >= 0.6 is 0 Å². The molecule has 2 aliphatic heterocycles. The maximum absolute atomic E-state index is 12.0. The number of piperidine rings is 1. The van der Waals surface area contributed by atoms with Crippen molar-refractivity contribution in [2.45, 2.75) is 39.0 Å². The van der Waals surface area contributed by atoms with Crippen LogP contribution in [0.3, 0.4) is 0 Å². The van der Waals surface area contributed by atoms with E-state index in [9.17, 15) is 4.79 Å². The molecule has 1 N–H and O–H groups in total. The minimum Gasteiger partial charge on any atom is -0.342 e. The van der Waals surface area contributed by atoms with Crippen LogP contribution in [0.15, 0.2) is 0 Å². The molecular weight excluding hydrogens is 238 g/mol. The Hall–Kier alpha value is -0.610. The normalized spacial score (nSPS) is 22.7. The molecule has 0 radical (unpaired) electrons. The van der Waals surface area contributed by atoms with E-state index in [0.29, 0.717) is 12.5 Å². The topological polar surface area (TPSA) is 35.6 Å². The lowest BCUT2D eigenvalue weighted by atomic mass is 10.1. The largest absolute Gasteiger partial charge is 0.342 e. The lowest BCUT2D eigenvalue weighted by Gasteiger charge is -2.27. The van der Waals surface area contributed by atoms with Crippen molar-refractivity contribution in [2.75, 3.05) is 45.8 Å². The Bertz CT molecular complexity index is 271. The highest BCUT2D eigenvalue weighted by molar-refractivity contribution is 5.78. The van der Waals surface area contributed by atoms with Gasteiger partial charge in [-0.3, -0.25) is 4.79 Å². The van der Waals surface area contributed by atoms with Gasteiger partial charge < -0.3 is 15.1 Å². The summed E-state index contributed by atoms with van der Waals surface area (Å²) < 4.78 is 0. The van der Waals surface area contributed by atoms with E-state index < -0.39 is 0 Å². The van der Waals surface area contributed by atoms with Gasteiger partial charge in [-0.1, -0.05) is 6.92 Å². The molecule has 2 aliphatic rings. The summed E-state index contributed by atoms with van der Waals surface area (Å²) in [6.45, 7) is 9.36. The molecule has 19 heavy (non-hydrogen) atoms. The zero-order valence-electron chi connectivity index (χ0n) is 12.4. The number of nitrogens with zero attached hydrogens (tertiary/aromatic N) is 2. The summed E-state index contributed by atoms with van der Waals surface area (Å²) in [7, 11) is 0. The quantitative estimate of drug-likeness (QED) is 0.788. The molecule has 0 aliphatic carbocycles. The zero-order valence-corrected chi connectivity index (χ0v) is 12.4. The molecule has 2 heterocycles. The number of carbonyl (C=O) groups is 1. The molecule has 1 amide bonds. The SMILES string of the molecule is CC(CNCC(=O)N1CCCCC1)CN1CCCC1. The lowest BCUT2D eigenvalue weighted by molar-refractivity contribution is -0.131. The van der Waals surface area contributed by atoms with Gasteiger partial charge in [0.15, 0.2) is 0 Å². The van der Waals surface area contributed by atoms with Crippen LogP contribution in [0.2, 0.25) is 0 Å². The zero-order chi connectivity index (χ0) is 13.5. The van der Waals surface area contributed by atoms with Gasteiger partial charge in [-0.2, -0.15) is 0 Å². The van der Waals surface area contributed by atoms with E-state index in [1.165, 1.54) is 51.7 Å². The first-order valence-electron chi connectivity index (χ1n) is 7.96. The van der Waals surface area contributed by atoms with Crippen LogP contribution in [-0.4, -0.2) is 61.5 Å². The standard InChI is InChI=1S/C15H29N3O/c1-14(13-17-7-5-6-8-17)11-16-12-15(19)18-9-3-2-4-10-18/h14,16H,2-13H2,1H3. The Labute approximate surface area is 117 Å². The van der Waals surface area contributed by atoms with Crippen LogP contribution in [0.5, 0.6) is 0 Å². The van der Waals surface area contributed by atoms with Gasteiger partial charge in [0, 0.05) is 19.6 Å². The molecule has 4 nitrogen and oxygen atoms in total. The van der Waals surface area contributed by atoms with Crippen LogP contribution in [0.25, 0.3) is 0 Å². The van der Waals surface area contributed by atoms with Crippen molar-refractivity contribution >= 4 is 5.91 Å². The first kappa shape index (κ1) is 14.8. The predicted molar refractivity (Wildman–Crippen MR) is 78.1 cm³/mol. The van der Waals surface area contributed by atoms with E-state index in [1.807, 2.05) is 4.90 Å². The van der Waals surface area contributed by atoms with Crippen molar-refractivity contribution in [3.63, 3.8) is 0 Å². The molecule has 0 aromatic heterocycles. The first-order valence-corrected chi connectivity index (χ1v) is 7.96. The summed E-state index contributed by atoms with van der Waals surface area (Å²) in [4.78, 5) is 16.5. The average Bonchev–Trinajstić information content (AvgIpc) is 2.92. The monoisotopic (exact) mass is 267 g/mol. The van der Waals surface area contributed by atoms with Crippen LogP contribution in [0.1, 0.15) is 39.0 Å². The van der Waals surface area contributed by atoms with Gasteiger partial charge in [0.2, 0.25) is 5.91 Å². The van der Waals surface area contributed by atoms with Gasteiger partial charge in [0.1, 0.15) is 0 Å². The Morgan fingerprint density at radius 2 is 1.68 bits per heavy atom. The maximum Gasteiger partial charge on any atom is 0.236 e. The van der Waals surface area contributed by atoms with E-state index in [-0.39, 0.29) is 5.91 Å². The summed E-state index contributed by atoms with van der Waals surface area (Å²) in [5, 5.41) is 3.34. The van der Waals surface area contributed by atoms with E-state index in [4.69, 9.17) is 0 Å². The predicted octanol–water partition coefficient (Wildman–Crippen LogP) is 1.32. The van der Waals surface area contributed by atoms with Gasteiger partial charge in [-0.15, -0.1) is 0 Å². The molecule has 2 fully saturated rings. The van der Waals surface area contributed by atoms with Crippen molar-refractivity contribution < 1.29 is 4.79 Å². The summed E-state index contributed by atoms with van der Waals surface area (Å²) in [5.41, 5.74) is 0. The summed E-state index contributed by atoms with van der Waals surface area (Å²) in [5.74, 6) is 0.917. The van der Waals surface area contributed by atoms with Gasteiger partial charge in [-0.25, -0.2) is 0 Å². The third-order valence-electron chi connectivity index (χ3n) is 4.25. The van der Waals surface area contributed by atoms with Crippen molar-refractivity contribution in [1.29, 1.82) is 0 Å². The summed E-state index contributed by atoms with van der Waals surface area (Å²) in [6.07, 6.45) is 6.35. The minimum atomic E-state index is 0.285. The molecule has 2 saturated heterocycles. The van der Waals surface area contributed by atoms with Crippen LogP contribution in [-0.2, 0) is 4.79 Å². The van der Waals surface area contributed by atoms with Crippen molar-refractivity contribution in [3.05, 3.63) is 0 Å². The average molecular weight is 267 g/mol. The molecule has 1 unspecified atom stereocenters. The van der Waals surface area contributed by atoms with Gasteiger partial charge in [-0.05, 0) is 57.7 Å². The Morgan fingerprint density at radius 1 is 1.05 bits per heavy atom. The molecule has 0 aromatic rings. The fraction of sp³-hybridized carbons (Fsp3) is 0.933. The lowest BCUT2D eigenvalue weighted by Crippen LogP contribution is -2.42. The molecule has 2 rings (SSSR count). The number of rotatable bonds is 6. The molecule has 0 aromatic carbocycles. The Balaban J connectivity index is 1.55. The molecule has 1 atom stereocenters. The Kier molecular flexibility index (Phi) is 6.11. The smallest absolute Gasteiger partial charge is 0.236 e. The molecule has 4 heteroatoms. The van der Waals surface area contributed by atoms with Crippen LogP contribution in [0.4, 0.5) is 0 Å². The number of hydrogen-bond donors (Lipinski definition) is 1. The summed E-state index contributed by atoms with van der Waals surface area (Å²) in [6, 6.07) is 0. The molecular formula is C15H29N3O.